The summed E-state index contributed by atoms with van der Waals surface area (Å²) >= 11 is 0. The van der Waals surface area contributed by atoms with Gasteiger partial charge in [-0.3, -0.25) is 14.9 Å². The van der Waals surface area contributed by atoms with Gasteiger partial charge in [-0.15, -0.1) is 0 Å². The van der Waals surface area contributed by atoms with Crippen LogP contribution in [0.25, 0.3) is 0 Å². The Bertz CT molecular complexity index is 638. The van der Waals surface area contributed by atoms with Crippen LogP contribution in [0.5, 0.6) is 0 Å². The molecule has 0 aliphatic heterocycles. The van der Waals surface area contributed by atoms with E-state index < -0.39 is 4.92 Å². The predicted octanol–water partition coefficient (Wildman–Crippen LogP) is 1.58. The minimum atomic E-state index is -0.439. The maximum Gasteiger partial charge on any atom is 0.269 e. The minimum absolute atomic E-state index is 0.0395. The topological polar surface area (TPSA) is 118 Å². The quantitative estimate of drug-likeness (QED) is 0.197. The van der Waals surface area contributed by atoms with E-state index in [1.807, 2.05) is 20.8 Å². The van der Waals surface area contributed by atoms with Crippen LogP contribution < -0.4 is 16.0 Å². The first-order valence-corrected chi connectivity index (χ1v) is 8.77. The maximum atomic E-state index is 12.0. The zero-order valence-electron chi connectivity index (χ0n) is 16.4. The van der Waals surface area contributed by atoms with Crippen molar-refractivity contribution in [2.75, 3.05) is 26.8 Å². The summed E-state index contributed by atoms with van der Waals surface area (Å²) in [4.78, 5) is 26.7. The third-order valence-electron chi connectivity index (χ3n) is 3.32. The molecule has 0 aliphatic carbocycles. The molecule has 0 radical (unpaired) electrons. The molecule has 9 nitrogen and oxygen atoms in total. The number of non-ortho nitro benzene ring substituents is 1. The molecule has 9 heteroatoms. The number of rotatable bonds is 9. The largest absolute Gasteiger partial charge is 0.385 e. The van der Waals surface area contributed by atoms with Gasteiger partial charge < -0.3 is 20.7 Å². The van der Waals surface area contributed by atoms with Crippen LogP contribution in [0.15, 0.2) is 29.3 Å². The molecule has 0 spiro atoms. The molecule has 0 saturated carbocycles. The lowest BCUT2D eigenvalue weighted by atomic mass is 10.1. The Labute approximate surface area is 159 Å². The molecule has 0 unspecified atom stereocenters. The van der Waals surface area contributed by atoms with Crippen molar-refractivity contribution in [3.8, 4) is 0 Å². The van der Waals surface area contributed by atoms with Crippen LogP contribution in [0.4, 0.5) is 5.69 Å². The molecule has 1 rings (SSSR count). The normalized spacial score (nSPS) is 11.8. The van der Waals surface area contributed by atoms with Crippen molar-refractivity contribution in [1.29, 1.82) is 0 Å². The summed E-state index contributed by atoms with van der Waals surface area (Å²) in [5, 5.41) is 19.7. The summed E-state index contributed by atoms with van der Waals surface area (Å²) in [6, 6.07) is 6.22. The van der Waals surface area contributed by atoms with Crippen LogP contribution in [-0.2, 0) is 16.1 Å². The van der Waals surface area contributed by atoms with E-state index >= 15 is 0 Å². The maximum absolute atomic E-state index is 12.0. The Kier molecular flexibility index (Phi) is 9.21. The van der Waals surface area contributed by atoms with Gasteiger partial charge in [0.15, 0.2) is 5.96 Å². The number of amides is 1. The predicted molar refractivity (Wildman–Crippen MR) is 105 cm³/mol. The number of nitrogens with one attached hydrogen (secondary N) is 3. The fourth-order valence-electron chi connectivity index (χ4n) is 2.12. The van der Waals surface area contributed by atoms with Crippen molar-refractivity contribution in [3.63, 3.8) is 0 Å². The summed E-state index contributed by atoms with van der Waals surface area (Å²) in [6.45, 7) is 7.42. The highest BCUT2D eigenvalue weighted by molar-refractivity contribution is 5.86. The van der Waals surface area contributed by atoms with E-state index in [0.717, 1.165) is 12.0 Å². The molecule has 150 valence electrons. The zero-order chi connectivity index (χ0) is 20.3. The molecule has 0 saturated heterocycles. The van der Waals surface area contributed by atoms with Crippen molar-refractivity contribution < 1.29 is 14.5 Å². The number of aliphatic imine (C=N–C) groups is 1. The van der Waals surface area contributed by atoms with Gasteiger partial charge in [0, 0.05) is 37.9 Å². The van der Waals surface area contributed by atoms with Crippen LogP contribution >= 0.6 is 0 Å². The van der Waals surface area contributed by atoms with Crippen LogP contribution in [0.2, 0.25) is 0 Å². The summed E-state index contributed by atoms with van der Waals surface area (Å²) < 4.78 is 5.02. The number of hydrogen-bond acceptors (Lipinski definition) is 5. The Hall–Kier alpha value is -2.68. The third-order valence-corrected chi connectivity index (χ3v) is 3.32. The summed E-state index contributed by atoms with van der Waals surface area (Å²) in [7, 11) is 1.64. The van der Waals surface area contributed by atoms with Gasteiger partial charge in [0.1, 0.15) is 0 Å². The molecule has 1 amide bonds. The van der Waals surface area contributed by atoms with E-state index in [2.05, 4.69) is 20.9 Å². The highest BCUT2D eigenvalue weighted by Gasteiger charge is 2.13. The van der Waals surface area contributed by atoms with Crippen LogP contribution in [-0.4, -0.2) is 49.1 Å². The number of nitro benzene ring substituents is 1. The second-order valence-corrected chi connectivity index (χ2v) is 7.01. The fourth-order valence-corrected chi connectivity index (χ4v) is 2.12. The number of nitro groups is 1. The van der Waals surface area contributed by atoms with E-state index in [1.165, 1.54) is 12.1 Å². The average molecular weight is 379 g/mol. The van der Waals surface area contributed by atoms with Crippen LogP contribution in [0.1, 0.15) is 32.8 Å². The van der Waals surface area contributed by atoms with Gasteiger partial charge in [-0.25, -0.2) is 4.99 Å². The van der Waals surface area contributed by atoms with Gasteiger partial charge in [-0.05, 0) is 32.8 Å². The fraction of sp³-hybridized carbons (Fsp3) is 0.556. The molecule has 0 heterocycles. The van der Waals surface area contributed by atoms with Gasteiger partial charge in [-0.2, -0.15) is 0 Å². The van der Waals surface area contributed by atoms with Crippen molar-refractivity contribution in [1.82, 2.24) is 16.0 Å². The molecule has 3 N–H and O–H groups in total. The number of guanidine groups is 1. The number of methoxy groups -OCH3 is 1. The highest BCUT2D eigenvalue weighted by Crippen LogP contribution is 2.12. The second kappa shape index (κ2) is 11.1. The van der Waals surface area contributed by atoms with Crippen molar-refractivity contribution in [2.24, 2.45) is 4.99 Å². The Morgan fingerprint density at radius 2 is 1.89 bits per heavy atom. The van der Waals surface area contributed by atoms with Gasteiger partial charge in [0.2, 0.25) is 5.91 Å². The van der Waals surface area contributed by atoms with Gasteiger partial charge >= 0.3 is 0 Å². The van der Waals surface area contributed by atoms with Crippen LogP contribution in [0.3, 0.4) is 0 Å². The van der Waals surface area contributed by atoms with Gasteiger partial charge in [0.25, 0.3) is 5.69 Å². The number of carbonyl (C=O) groups is 1. The van der Waals surface area contributed by atoms with Gasteiger partial charge in [0.05, 0.1) is 18.0 Å². The number of ether oxygens (including phenoxy) is 1. The van der Waals surface area contributed by atoms with E-state index in [0.29, 0.717) is 25.7 Å². The van der Waals surface area contributed by atoms with Crippen molar-refractivity contribution >= 4 is 17.6 Å². The lowest BCUT2D eigenvalue weighted by Gasteiger charge is -2.21. The molecule has 0 aromatic heterocycles. The highest BCUT2D eigenvalue weighted by atomic mass is 16.6. The Morgan fingerprint density at radius 1 is 1.22 bits per heavy atom. The second-order valence-electron chi connectivity index (χ2n) is 7.01. The molecule has 27 heavy (non-hydrogen) atoms. The zero-order valence-corrected chi connectivity index (χ0v) is 16.4. The number of nitrogens with zero attached hydrogens (tertiary/aromatic N) is 2. The first kappa shape index (κ1) is 22.4. The number of benzene rings is 1. The van der Waals surface area contributed by atoms with E-state index in [1.54, 1.807) is 19.2 Å². The standard InChI is InChI=1S/C18H29N5O4/c1-18(2,3)22-16(24)13-21-17(19-10-5-11-27-4)20-12-14-6-8-15(9-7-14)23(25)26/h6-9H,5,10-13H2,1-4H3,(H,22,24)(H2,19,20,21). The molecule has 1 aromatic rings. The first-order chi connectivity index (χ1) is 12.7. The smallest absolute Gasteiger partial charge is 0.269 e. The number of hydrogen-bond donors (Lipinski definition) is 3. The molecular weight excluding hydrogens is 350 g/mol. The molecule has 0 atom stereocenters. The van der Waals surface area contributed by atoms with E-state index in [4.69, 9.17) is 4.74 Å². The Balaban J connectivity index is 2.66. The lowest BCUT2D eigenvalue weighted by molar-refractivity contribution is -0.384. The molecular formula is C18H29N5O4. The molecule has 0 aliphatic rings. The average Bonchev–Trinajstić information content (AvgIpc) is 2.59. The number of carbonyl (C=O) groups excluding carboxylic acids is 1. The van der Waals surface area contributed by atoms with Gasteiger partial charge in [-0.1, -0.05) is 12.1 Å². The van der Waals surface area contributed by atoms with E-state index in [-0.39, 0.29) is 23.7 Å². The lowest BCUT2D eigenvalue weighted by Crippen LogP contribution is -2.48. The monoisotopic (exact) mass is 379 g/mol. The minimum Gasteiger partial charge on any atom is -0.385 e. The van der Waals surface area contributed by atoms with Crippen LogP contribution in [0, 0.1) is 10.1 Å². The Morgan fingerprint density at radius 3 is 2.44 bits per heavy atom. The summed E-state index contributed by atoms with van der Waals surface area (Å²) in [6.07, 6.45) is 0.795. The third kappa shape index (κ3) is 10.1. The van der Waals surface area contributed by atoms with E-state index in [9.17, 15) is 14.9 Å². The SMILES string of the molecule is COCCCNC(=NCc1ccc([N+](=O)[O-])cc1)NCC(=O)NC(C)(C)C. The molecule has 0 fully saturated rings. The molecule has 1 aromatic carbocycles. The molecule has 0 bridgehead atoms. The summed E-state index contributed by atoms with van der Waals surface area (Å²) in [5.74, 6) is 0.359. The first-order valence-electron chi connectivity index (χ1n) is 8.77. The summed E-state index contributed by atoms with van der Waals surface area (Å²) in [5.41, 5.74) is 0.566. The van der Waals surface area contributed by atoms with Crippen molar-refractivity contribution in [3.05, 3.63) is 39.9 Å². The van der Waals surface area contributed by atoms with Crippen molar-refractivity contribution in [2.45, 2.75) is 39.3 Å².